The molecule has 3 rings (SSSR count). The number of benzene rings is 1. The van der Waals surface area contributed by atoms with E-state index in [9.17, 15) is 9.90 Å². The average molecular weight is 334 g/mol. The SMILES string of the molecule is COc1ccc(OC)c2c1CN(C(=O)c1csc(C)n1)CC2O. The van der Waals surface area contributed by atoms with E-state index >= 15 is 0 Å². The third-order valence-electron chi connectivity index (χ3n) is 3.91. The molecule has 23 heavy (non-hydrogen) atoms. The van der Waals surface area contributed by atoms with Crippen LogP contribution in [-0.2, 0) is 6.54 Å². The van der Waals surface area contributed by atoms with Gasteiger partial charge < -0.3 is 19.5 Å². The molecule has 1 aliphatic rings. The Balaban J connectivity index is 1.98. The Morgan fingerprint density at radius 3 is 2.65 bits per heavy atom. The van der Waals surface area contributed by atoms with Gasteiger partial charge in [0.15, 0.2) is 0 Å². The van der Waals surface area contributed by atoms with Crippen molar-refractivity contribution in [2.75, 3.05) is 20.8 Å². The third-order valence-corrected chi connectivity index (χ3v) is 4.69. The molecule has 1 aromatic carbocycles. The monoisotopic (exact) mass is 334 g/mol. The zero-order valence-electron chi connectivity index (χ0n) is 13.2. The minimum atomic E-state index is -0.826. The summed E-state index contributed by atoms with van der Waals surface area (Å²) in [6.45, 7) is 2.41. The van der Waals surface area contributed by atoms with E-state index < -0.39 is 6.10 Å². The van der Waals surface area contributed by atoms with E-state index in [0.717, 1.165) is 10.6 Å². The summed E-state index contributed by atoms with van der Waals surface area (Å²) in [7, 11) is 3.13. The predicted molar refractivity (Wildman–Crippen MR) is 86.1 cm³/mol. The molecule has 0 aliphatic carbocycles. The molecule has 1 aromatic heterocycles. The van der Waals surface area contributed by atoms with E-state index in [4.69, 9.17) is 9.47 Å². The molecule has 7 heteroatoms. The van der Waals surface area contributed by atoms with Crippen molar-refractivity contribution in [2.24, 2.45) is 0 Å². The van der Waals surface area contributed by atoms with Gasteiger partial charge in [0.2, 0.25) is 0 Å². The number of rotatable bonds is 3. The second kappa shape index (κ2) is 6.17. The van der Waals surface area contributed by atoms with Crippen molar-refractivity contribution < 1.29 is 19.4 Å². The van der Waals surface area contributed by atoms with Crippen LogP contribution in [0.2, 0.25) is 0 Å². The third kappa shape index (κ3) is 2.77. The number of methoxy groups -OCH3 is 2. The van der Waals surface area contributed by atoms with Gasteiger partial charge in [-0.25, -0.2) is 4.98 Å². The fourth-order valence-corrected chi connectivity index (χ4v) is 3.44. The van der Waals surface area contributed by atoms with Crippen molar-refractivity contribution in [3.63, 3.8) is 0 Å². The molecule has 0 fully saturated rings. The summed E-state index contributed by atoms with van der Waals surface area (Å²) in [6, 6.07) is 3.55. The number of hydrogen-bond acceptors (Lipinski definition) is 6. The fourth-order valence-electron chi connectivity index (χ4n) is 2.85. The molecule has 1 amide bonds. The number of ether oxygens (including phenoxy) is 2. The van der Waals surface area contributed by atoms with E-state index in [-0.39, 0.29) is 12.5 Å². The Morgan fingerprint density at radius 2 is 2.04 bits per heavy atom. The molecule has 1 N–H and O–H groups in total. The van der Waals surface area contributed by atoms with Gasteiger partial charge >= 0.3 is 0 Å². The van der Waals surface area contributed by atoms with Gasteiger partial charge in [0.25, 0.3) is 5.91 Å². The summed E-state index contributed by atoms with van der Waals surface area (Å²) in [5.41, 5.74) is 1.86. The zero-order chi connectivity index (χ0) is 16.6. The van der Waals surface area contributed by atoms with Gasteiger partial charge in [-0.2, -0.15) is 0 Å². The van der Waals surface area contributed by atoms with E-state index in [1.807, 2.05) is 6.92 Å². The number of aliphatic hydroxyl groups is 1. The quantitative estimate of drug-likeness (QED) is 0.931. The van der Waals surface area contributed by atoms with Gasteiger partial charge in [-0.3, -0.25) is 4.79 Å². The van der Waals surface area contributed by atoms with Gasteiger partial charge in [-0.05, 0) is 19.1 Å². The largest absolute Gasteiger partial charge is 0.496 e. The number of β-amino-alcohol motifs (C(OH)–C–C–N with tert-alkyl or cyclic N) is 1. The molecular weight excluding hydrogens is 316 g/mol. The van der Waals surface area contributed by atoms with Crippen LogP contribution >= 0.6 is 11.3 Å². The van der Waals surface area contributed by atoms with Gasteiger partial charge in [0, 0.05) is 16.5 Å². The van der Waals surface area contributed by atoms with Crippen molar-refractivity contribution >= 4 is 17.2 Å². The molecule has 1 unspecified atom stereocenters. The van der Waals surface area contributed by atoms with Crippen LogP contribution in [0.15, 0.2) is 17.5 Å². The van der Waals surface area contributed by atoms with Crippen LogP contribution < -0.4 is 9.47 Å². The maximum atomic E-state index is 12.6. The normalized spacial score (nSPS) is 16.9. The number of aromatic nitrogens is 1. The van der Waals surface area contributed by atoms with Crippen LogP contribution in [0.1, 0.15) is 32.7 Å². The number of hydrogen-bond donors (Lipinski definition) is 1. The van der Waals surface area contributed by atoms with Crippen LogP contribution in [0.5, 0.6) is 11.5 Å². The maximum absolute atomic E-state index is 12.6. The molecule has 0 saturated heterocycles. The van der Waals surface area contributed by atoms with Crippen molar-refractivity contribution in [3.05, 3.63) is 39.3 Å². The first-order chi connectivity index (χ1) is 11.0. The van der Waals surface area contributed by atoms with Crippen LogP contribution in [-0.4, -0.2) is 41.7 Å². The predicted octanol–water partition coefficient (Wildman–Crippen LogP) is 2.16. The number of aliphatic hydroxyl groups excluding tert-OH is 1. The number of aryl methyl sites for hydroxylation is 1. The van der Waals surface area contributed by atoms with Crippen molar-refractivity contribution in [1.82, 2.24) is 9.88 Å². The van der Waals surface area contributed by atoms with Crippen molar-refractivity contribution in [3.8, 4) is 11.5 Å². The van der Waals surface area contributed by atoms with Gasteiger partial charge in [-0.15, -0.1) is 11.3 Å². The van der Waals surface area contributed by atoms with Crippen LogP contribution in [0.3, 0.4) is 0 Å². The van der Waals surface area contributed by atoms with E-state index in [0.29, 0.717) is 29.3 Å². The summed E-state index contributed by atoms with van der Waals surface area (Å²) >= 11 is 1.43. The highest BCUT2D eigenvalue weighted by Crippen LogP contribution is 2.39. The molecule has 122 valence electrons. The van der Waals surface area contributed by atoms with E-state index in [2.05, 4.69) is 4.98 Å². The molecular formula is C16H18N2O4S. The Hall–Kier alpha value is -2.12. The van der Waals surface area contributed by atoms with Crippen molar-refractivity contribution in [2.45, 2.75) is 19.6 Å². The fraction of sp³-hybridized carbons (Fsp3) is 0.375. The van der Waals surface area contributed by atoms with Crippen LogP contribution in [0.4, 0.5) is 0 Å². The smallest absolute Gasteiger partial charge is 0.273 e. The highest BCUT2D eigenvalue weighted by Gasteiger charge is 2.32. The topological polar surface area (TPSA) is 71.9 Å². The standard InChI is InChI=1S/C16H18N2O4S/c1-9-17-11(8-23-9)16(20)18-6-10-13(21-2)4-5-14(22-3)15(10)12(19)7-18/h4-5,8,12,19H,6-7H2,1-3H3. The molecule has 2 heterocycles. The highest BCUT2D eigenvalue weighted by molar-refractivity contribution is 7.09. The number of carbonyl (C=O) groups excluding carboxylic acids is 1. The van der Waals surface area contributed by atoms with Gasteiger partial charge in [0.1, 0.15) is 23.3 Å². The summed E-state index contributed by atoms with van der Waals surface area (Å²) in [5, 5.41) is 13.1. The molecule has 0 saturated carbocycles. The number of fused-ring (bicyclic) bond motifs is 1. The first-order valence-corrected chi connectivity index (χ1v) is 8.06. The lowest BCUT2D eigenvalue weighted by Crippen LogP contribution is -2.38. The summed E-state index contributed by atoms with van der Waals surface area (Å²) in [4.78, 5) is 18.4. The van der Waals surface area contributed by atoms with E-state index in [1.165, 1.54) is 11.3 Å². The Labute approximate surface area is 138 Å². The van der Waals surface area contributed by atoms with Gasteiger partial charge in [0.05, 0.1) is 32.3 Å². The highest BCUT2D eigenvalue weighted by atomic mass is 32.1. The molecule has 0 spiro atoms. The first-order valence-electron chi connectivity index (χ1n) is 7.18. The molecule has 6 nitrogen and oxygen atoms in total. The Bertz CT molecular complexity index is 744. The molecule has 1 atom stereocenters. The lowest BCUT2D eigenvalue weighted by atomic mass is 9.95. The van der Waals surface area contributed by atoms with Gasteiger partial charge in [-0.1, -0.05) is 0 Å². The van der Waals surface area contributed by atoms with Crippen molar-refractivity contribution in [1.29, 1.82) is 0 Å². The second-order valence-electron chi connectivity index (χ2n) is 5.32. The summed E-state index contributed by atoms with van der Waals surface area (Å²) in [6.07, 6.45) is -0.826. The summed E-state index contributed by atoms with van der Waals surface area (Å²) < 4.78 is 10.7. The molecule has 0 bridgehead atoms. The minimum absolute atomic E-state index is 0.191. The molecule has 2 aromatic rings. The summed E-state index contributed by atoms with van der Waals surface area (Å²) in [5.74, 6) is 1.04. The lowest BCUT2D eigenvalue weighted by Gasteiger charge is -2.33. The Morgan fingerprint density at radius 1 is 1.35 bits per heavy atom. The second-order valence-corrected chi connectivity index (χ2v) is 6.38. The number of amides is 1. The zero-order valence-corrected chi connectivity index (χ0v) is 14.0. The minimum Gasteiger partial charge on any atom is -0.496 e. The van der Waals surface area contributed by atoms with Crippen LogP contribution in [0.25, 0.3) is 0 Å². The average Bonchev–Trinajstić information content (AvgIpc) is 2.99. The number of carbonyl (C=O) groups is 1. The Kier molecular flexibility index (Phi) is 4.23. The van der Waals surface area contributed by atoms with E-state index in [1.54, 1.807) is 36.6 Å². The number of thiazole rings is 1. The van der Waals surface area contributed by atoms with Crippen LogP contribution in [0, 0.1) is 6.92 Å². The number of nitrogens with zero attached hydrogens (tertiary/aromatic N) is 2. The molecule has 1 aliphatic heterocycles. The first kappa shape index (κ1) is 15.8. The lowest BCUT2D eigenvalue weighted by molar-refractivity contribution is 0.0534. The maximum Gasteiger partial charge on any atom is 0.273 e. The molecule has 0 radical (unpaired) electrons.